The molecule has 0 aromatic heterocycles. The van der Waals surface area contributed by atoms with Crippen molar-refractivity contribution in [2.75, 3.05) is 26.4 Å². The third-order valence-corrected chi connectivity index (χ3v) is 7.15. The van der Waals surface area contributed by atoms with Gasteiger partial charge in [-0.3, -0.25) is 4.79 Å². The molecule has 0 radical (unpaired) electrons. The number of rotatable bonds is 12. The van der Waals surface area contributed by atoms with Crippen LogP contribution in [0.1, 0.15) is 15.9 Å². The van der Waals surface area contributed by atoms with E-state index in [2.05, 4.69) is 0 Å². The molecule has 0 aliphatic heterocycles. The van der Waals surface area contributed by atoms with E-state index < -0.39 is 5.82 Å². The largest absolute Gasteiger partial charge is 0.491 e. The van der Waals surface area contributed by atoms with Gasteiger partial charge in [-0.2, -0.15) is 0 Å². The molecule has 4 rings (SSSR count). The summed E-state index contributed by atoms with van der Waals surface area (Å²) in [5.74, 6) is 0.152. The number of carbonyl (C=O) groups excluding carboxylic acids is 1. The van der Waals surface area contributed by atoms with Gasteiger partial charge in [0, 0.05) is 30.7 Å². The van der Waals surface area contributed by atoms with Gasteiger partial charge < -0.3 is 14.6 Å². The SMILES string of the molecule is O=C(c1ccccc1)c1ccc(Sc2ccc(Sc3ccc(OCCOCCO)cc3)cc2)c(F)c1. The Bertz CT molecular complexity index is 1260. The fraction of sp³-hybridized carbons (Fsp3) is 0.138. The summed E-state index contributed by atoms with van der Waals surface area (Å²) in [5, 5.41) is 8.69. The molecule has 0 aliphatic rings. The second kappa shape index (κ2) is 13.3. The minimum Gasteiger partial charge on any atom is -0.491 e. The summed E-state index contributed by atoms with van der Waals surface area (Å²) in [5.41, 5.74) is 0.873. The van der Waals surface area contributed by atoms with Crippen LogP contribution in [0.3, 0.4) is 0 Å². The Morgan fingerprint density at radius 2 is 1.36 bits per heavy atom. The summed E-state index contributed by atoms with van der Waals surface area (Å²) in [4.78, 5) is 16.1. The normalized spacial score (nSPS) is 10.8. The number of aliphatic hydroxyl groups is 1. The van der Waals surface area contributed by atoms with Crippen LogP contribution in [-0.2, 0) is 4.74 Å². The molecule has 4 nitrogen and oxygen atoms in total. The quantitative estimate of drug-likeness (QED) is 0.165. The van der Waals surface area contributed by atoms with Crippen molar-refractivity contribution in [3.63, 3.8) is 0 Å². The summed E-state index contributed by atoms with van der Waals surface area (Å²) in [6, 6.07) is 29.2. The lowest BCUT2D eigenvalue weighted by Crippen LogP contribution is -2.08. The van der Waals surface area contributed by atoms with E-state index in [4.69, 9.17) is 14.6 Å². The Morgan fingerprint density at radius 3 is 2.00 bits per heavy atom. The standard InChI is InChI=1S/C29H25FO4S2/c30-27-20-22(29(32)21-4-2-1-3-5-21)6-15-28(27)36-26-13-11-25(12-14-26)35-24-9-7-23(8-10-24)34-19-18-33-17-16-31/h1-15,20,31H,16-19H2. The van der Waals surface area contributed by atoms with Gasteiger partial charge >= 0.3 is 0 Å². The van der Waals surface area contributed by atoms with Crippen molar-refractivity contribution in [1.82, 2.24) is 0 Å². The Hall–Kier alpha value is -3.10. The van der Waals surface area contributed by atoms with Crippen LogP contribution in [0.15, 0.2) is 117 Å². The molecule has 0 unspecified atom stereocenters. The van der Waals surface area contributed by atoms with Crippen molar-refractivity contribution >= 4 is 29.3 Å². The number of benzene rings is 4. The van der Waals surface area contributed by atoms with Crippen LogP contribution in [0.25, 0.3) is 0 Å². The van der Waals surface area contributed by atoms with Crippen molar-refractivity contribution in [2.45, 2.75) is 19.6 Å². The predicted molar refractivity (Wildman–Crippen MR) is 141 cm³/mol. The highest BCUT2D eigenvalue weighted by Crippen LogP contribution is 2.34. The van der Waals surface area contributed by atoms with Gasteiger partial charge in [0.2, 0.25) is 0 Å². The maximum absolute atomic E-state index is 14.7. The molecule has 0 atom stereocenters. The second-order valence-electron chi connectivity index (χ2n) is 7.67. The molecule has 0 bridgehead atoms. The topological polar surface area (TPSA) is 55.8 Å². The second-order valence-corrected chi connectivity index (χ2v) is 9.93. The van der Waals surface area contributed by atoms with Crippen LogP contribution in [0.2, 0.25) is 0 Å². The first-order valence-corrected chi connectivity index (χ1v) is 13.0. The molecule has 7 heteroatoms. The minimum absolute atomic E-state index is 0.00687. The summed E-state index contributed by atoms with van der Waals surface area (Å²) < 4.78 is 25.5. The Balaban J connectivity index is 1.31. The van der Waals surface area contributed by atoms with Gasteiger partial charge in [0.25, 0.3) is 0 Å². The number of carbonyl (C=O) groups is 1. The average Bonchev–Trinajstić information content (AvgIpc) is 2.92. The highest BCUT2D eigenvalue weighted by molar-refractivity contribution is 7.99. The van der Waals surface area contributed by atoms with Crippen molar-refractivity contribution in [2.24, 2.45) is 0 Å². The summed E-state index contributed by atoms with van der Waals surface area (Å²) >= 11 is 2.95. The molecule has 0 aliphatic carbocycles. The number of aliphatic hydroxyl groups excluding tert-OH is 1. The Kier molecular flexibility index (Phi) is 9.58. The van der Waals surface area contributed by atoms with Crippen LogP contribution in [-0.4, -0.2) is 37.3 Å². The average molecular weight is 521 g/mol. The van der Waals surface area contributed by atoms with Crippen molar-refractivity contribution in [1.29, 1.82) is 0 Å². The third kappa shape index (κ3) is 7.45. The number of ether oxygens (including phenoxy) is 2. The highest BCUT2D eigenvalue weighted by Gasteiger charge is 2.12. The van der Waals surface area contributed by atoms with E-state index in [-0.39, 0.29) is 12.4 Å². The zero-order valence-electron chi connectivity index (χ0n) is 19.4. The molecule has 0 amide bonds. The van der Waals surface area contributed by atoms with Crippen LogP contribution >= 0.6 is 23.5 Å². The van der Waals surface area contributed by atoms with Crippen LogP contribution in [0.4, 0.5) is 4.39 Å². The maximum Gasteiger partial charge on any atom is 0.193 e. The van der Waals surface area contributed by atoms with E-state index in [1.165, 1.54) is 17.8 Å². The monoisotopic (exact) mass is 520 g/mol. The molecular formula is C29H25FO4S2. The molecule has 1 N–H and O–H groups in total. The molecule has 4 aromatic carbocycles. The van der Waals surface area contributed by atoms with E-state index in [0.29, 0.717) is 35.8 Å². The minimum atomic E-state index is -0.414. The van der Waals surface area contributed by atoms with E-state index >= 15 is 0 Å². The maximum atomic E-state index is 14.7. The van der Waals surface area contributed by atoms with Gasteiger partial charge in [-0.25, -0.2) is 4.39 Å². The van der Waals surface area contributed by atoms with Gasteiger partial charge in [-0.15, -0.1) is 0 Å². The zero-order chi connectivity index (χ0) is 25.2. The zero-order valence-corrected chi connectivity index (χ0v) is 21.1. The molecular weight excluding hydrogens is 495 g/mol. The fourth-order valence-electron chi connectivity index (χ4n) is 3.31. The smallest absolute Gasteiger partial charge is 0.193 e. The Labute approximate surface area is 218 Å². The molecule has 0 saturated heterocycles. The van der Waals surface area contributed by atoms with Gasteiger partial charge in [-0.1, -0.05) is 53.9 Å². The molecule has 0 fully saturated rings. The molecule has 0 spiro atoms. The third-order valence-electron chi connectivity index (χ3n) is 5.07. The highest BCUT2D eigenvalue weighted by atomic mass is 32.2. The first-order valence-electron chi connectivity index (χ1n) is 11.4. The first-order chi connectivity index (χ1) is 17.6. The number of hydrogen-bond acceptors (Lipinski definition) is 6. The number of ketones is 1. The summed E-state index contributed by atoms with van der Waals surface area (Å²) in [6.45, 7) is 1.18. The van der Waals surface area contributed by atoms with Crippen LogP contribution in [0, 0.1) is 5.82 Å². The molecule has 184 valence electrons. The van der Waals surface area contributed by atoms with E-state index in [9.17, 15) is 9.18 Å². The lowest BCUT2D eigenvalue weighted by atomic mass is 10.0. The molecule has 36 heavy (non-hydrogen) atoms. The van der Waals surface area contributed by atoms with Gasteiger partial charge in [0.1, 0.15) is 18.2 Å². The molecule has 0 heterocycles. The lowest BCUT2D eigenvalue weighted by molar-refractivity contribution is 0.0705. The van der Waals surface area contributed by atoms with E-state index in [1.807, 2.05) is 54.6 Å². The van der Waals surface area contributed by atoms with Gasteiger partial charge in [-0.05, 0) is 66.7 Å². The van der Waals surface area contributed by atoms with E-state index in [1.54, 1.807) is 48.2 Å². The predicted octanol–water partition coefficient (Wildman–Crippen LogP) is 6.75. The van der Waals surface area contributed by atoms with Crippen LogP contribution in [0.5, 0.6) is 5.75 Å². The fourth-order valence-corrected chi connectivity index (χ4v) is 4.94. The van der Waals surface area contributed by atoms with Crippen molar-refractivity contribution < 1.29 is 23.8 Å². The van der Waals surface area contributed by atoms with Crippen LogP contribution < -0.4 is 4.74 Å². The van der Waals surface area contributed by atoms with Crippen molar-refractivity contribution in [3.8, 4) is 5.75 Å². The summed E-state index contributed by atoms with van der Waals surface area (Å²) in [6.07, 6.45) is 0. The first kappa shape index (κ1) is 26.0. The van der Waals surface area contributed by atoms with Gasteiger partial charge in [0.05, 0.1) is 19.8 Å². The number of hydrogen-bond donors (Lipinski definition) is 1. The van der Waals surface area contributed by atoms with Gasteiger partial charge in [0.15, 0.2) is 5.78 Å². The lowest BCUT2D eigenvalue weighted by Gasteiger charge is -2.08. The molecule has 4 aromatic rings. The molecule has 0 saturated carbocycles. The summed E-state index contributed by atoms with van der Waals surface area (Å²) in [7, 11) is 0. The van der Waals surface area contributed by atoms with E-state index in [0.717, 1.165) is 20.4 Å². The Morgan fingerprint density at radius 1 is 0.722 bits per heavy atom. The van der Waals surface area contributed by atoms with Crippen molar-refractivity contribution in [3.05, 3.63) is 114 Å². The number of halogens is 1.